The zero-order valence-electron chi connectivity index (χ0n) is 14.8. The Bertz CT molecular complexity index is 964. The summed E-state index contributed by atoms with van der Waals surface area (Å²) in [5.41, 5.74) is 3.91. The van der Waals surface area contributed by atoms with Crippen LogP contribution in [0.1, 0.15) is 27.9 Å². The van der Waals surface area contributed by atoms with Crippen LogP contribution in [-0.4, -0.2) is 16.8 Å². The molecule has 0 aliphatic rings. The lowest BCUT2D eigenvalue weighted by atomic mass is 10.1. The maximum Gasteiger partial charge on any atom is 0.267 e. The van der Waals surface area contributed by atoms with E-state index < -0.39 is 0 Å². The molecule has 26 heavy (non-hydrogen) atoms. The van der Waals surface area contributed by atoms with Gasteiger partial charge < -0.3 is 10.6 Å². The molecule has 0 fully saturated rings. The molecule has 2 amide bonds. The molecule has 1 aromatic heterocycles. The van der Waals surface area contributed by atoms with Crippen molar-refractivity contribution < 1.29 is 9.59 Å². The number of nitrogens with one attached hydrogen (secondary N) is 2. The molecule has 0 saturated carbocycles. The third-order valence-electron chi connectivity index (χ3n) is 3.83. The van der Waals surface area contributed by atoms with Crippen molar-refractivity contribution >= 4 is 34.5 Å². The zero-order valence-corrected chi connectivity index (χ0v) is 15.6. The van der Waals surface area contributed by atoms with E-state index in [4.69, 9.17) is 0 Å². The topological polar surface area (TPSA) is 71.1 Å². The highest BCUT2D eigenvalue weighted by Gasteiger charge is 2.17. The van der Waals surface area contributed by atoms with Gasteiger partial charge in [-0.2, -0.15) is 0 Å². The second kappa shape index (κ2) is 7.49. The molecule has 0 aliphatic heterocycles. The first-order valence-corrected chi connectivity index (χ1v) is 8.98. The number of aryl methyl sites for hydroxylation is 2. The lowest BCUT2D eigenvalue weighted by Crippen LogP contribution is -2.13. The van der Waals surface area contributed by atoms with Crippen LogP contribution >= 0.6 is 11.3 Å². The first kappa shape index (κ1) is 17.8. The fourth-order valence-electron chi connectivity index (χ4n) is 2.53. The molecule has 2 aromatic carbocycles. The first-order valence-electron chi connectivity index (χ1n) is 8.16. The van der Waals surface area contributed by atoms with Crippen molar-refractivity contribution in [3.8, 4) is 10.6 Å². The summed E-state index contributed by atoms with van der Waals surface area (Å²) < 4.78 is 0. The first-order chi connectivity index (χ1) is 12.4. The molecule has 0 saturated heterocycles. The summed E-state index contributed by atoms with van der Waals surface area (Å²) >= 11 is 1.37. The van der Waals surface area contributed by atoms with Crippen LogP contribution in [-0.2, 0) is 4.79 Å². The van der Waals surface area contributed by atoms with Crippen molar-refractivity contribution in [1.29, 1.82) is 0 Å². The van der Waals surface area contributed by atoms with Crippen molar-refractivity contribution in [3.05, 3.63) is 64.7 Å². The molecule has 0 radical (unpaired) electrons. The number of hydrogen-bond donors (Lipinski definition) is 2. The number of nitrogens with zero attached hydrogens (tertiary/aromatic N) is 1. The molecule has 132 valence electrons. The van der Waals surface area contributed by atoms with E-state index >= 15 is 0 Å². The van der Waals surface area contributed by atoms with E-state index in [1.54, 1.807) is 12.1 Å². The minimum Gasteiger partial charge on any atom is -0.326 e. The van der Waals surface area contributed by atoms with Crippen LogP contribution in [0.15, 0.2) is 48.5 Å². The molecule has 0 spiro atoms. The number of hydrogen-bond acceptors (Lipinski definition) is 4. The quantitative estimate of drug-likeness (QED) is 0.708. The fourth-order valence-corrected chi connectivity index (χ4v) is 3.50. The predicted octanol–water partition coefficient (Wildman–Crippen LogP) is 4.64. The Morgan fingerprint density at radius 2 is 1.73 bits per heavy atom. The Hall–Kier alpha value is -2.99. The molecule has 3 rings (SSSR count). The maximum absolute atomic E-state index is 12.7. The van der Waals surface area contributed by atoms with Gasteiger partial charge in [0.05, 0.1) is 5.69 Å². The summed E-state index contributed by atoms with van der Waals surface area (Å²) in [5, 5.41) is 6.47. The Morgan fingerprint density at radius 3 is 2.42 bits per heavy atom. The van der Waals surface area contributed by atoms with Gasteiger partial charge in [0, 0.05) is 23.9 Å². The molecule has 0 aliphatic carbocycles. The number of carbonyl (C=O) groups is 2. The third kappa shape index (κ3) is 3.97. The number of carbonyl (C=O) groups excluding carboxylic acids is 2. The summed E-state index contributed by atoms with van der Waals surface area (Å²) in [6.45, 7) is 5.18. The van der Waals surface area contributed by atoms with Crippen LogP contribution in [0.4, 0.5) is 11.4 Å². The van der Waals surface area contributed by atoms with Gasteiger partial charge in [0.1, 0.15) is 9.88 Å². The molecule has 3 aromatic rings. The minimum atomic E-state index is -0.203. The number of rotatable bonds is 4. The number of thiazole rings is 1. The van der Waals surface area contributed by atoms with Crippen LogP contribution in [0.3, 0.4) is 0 Å². The summed E-state index contributed by atoms with van der Waals surface area (Å²) in [6.07, 6.45) is 0. The van der Waals surface area contributed by atoms with Gasteiger partial charge in [-0.25, -0.2) is 4.98 Å². The van der Waals surface area contributed by atoms with E-state index in [2.05, 4.69) is 15.6 Å². The van der Waals surface area contributed by atoms with Crippen molar-refractivity contribution in [3.63, 3.8) is 0 Å². The number of amides is 2. The lowest BCUT2D eigenvalue weighted by molar-refractivity contribution is -0.114. The monoisotopic (exact) mass is 365 g/mol. The highest BCUT2D eigenvalue weighted by molar-refractivity contribution is 7.17. The van der Waals surface area contributed by atoms with Gasteiger partial charge in [-0.05, 0) is 31.5 Å². The number of aromatic nitrogens is 1. The lowest BCUT2D eigenvalue weighted by Gasteiger charge is -2.10. The van der Waals surface area contributed by atoms with Crippen molar-refractivity contribution in [2.24, 2.45) is 0 Å². The average molecular weight is 365 g/mol. The smallest absolute Gasteiger partial charge is 0.267 e. The average Bonchev–Trinajstić information content (AvgIpc) is 3.00. The van der Waals surface area contributed by atoms with Crippen molar-refractivity contribution in [2.75, 3.05) is 10.6 Å². The van der Waals surface area contributed by atoms with Gasteiger partial charge in [-0.3, -0.25) is 9.59 Å². The van der Waals surface area contributed by atoms with E-state index in [0.717, 1.165) is 16.1 Å². The van der Waals surface area contributed by atoms with Crippen molar-refractivity contribution in [1.82, 2.24) is 4.98 Å². The highest BCUT2D eigenvalue weighted by Crippen LogP contribution is 2.29. The van der Waals surface area contributed by atoms with Gasteiger partial charge in [0.15, 0.2) is 0 Å². The van der Waals surface area contributed by atoms with Crippen LogP contribution in [0.25, 0.3) is 10.6 Å². The van der Waals surface area contributed by atoms with Crippen LogP contribution in [0.2, 0.25) is 0 Å². The van der Waals surface area contributed by atoms with E-state index in [1.165, 1.54) is 18.3 Å². The Balaban J connectivity index is 1.85. The molecule has 0 unspecified atom stereocenters. The van der Waals surface area contributed by atoms with Crippen LogP contribution < -0.4 is 10.6 Å². The molecule has 6 heteroatoms. The molecule has 0 bridgehead atoms. The summed E-state index contributed by atoms with van der Waals surface area (Å²) in [5.74, 6) is -0.359. The largest absolute Gasteiger partial charge is 0.326 e. The Labute approximate surface area is 156 Å². The van der Waals surface area contributed by atoms with Gasteiger partial charge in [0.2, 0.25) is 5.91 Å². The van der Waals surface area contributed by atoms with Gasteiger partial charge >= 0.3 is 0 Å². The summed E-state index contributed by atoms with van der Waals surface area (Å²) in [4.78, 5) is 29.1. The summed E-state index contributed by atoms with van der Waals surface area (Å²) in [6, 6.07) is 15.2. The van der Waals surface area contributed by atoms with E-state index in [1.807, 2.05) is 50.2 Å². The predicted molar refractivity (Wildman–Crippen MR) is 106 cm³/mol. The standard InChI is InChI=1S/C20H19N3O2S/c1-12-9-10-16(22-14(3)24)11-17(12)23-19(25)18-13(2)21-20(26-18)15-7-5-4-6-8-15/h4-11H,1-3H3,(H,22,24)(H,23,25). The molecular formula is C20H19N3O2S. The fraction of sp³-hybridized carbons (Fsp3) is 0.150. The van der Waals surface area contributed by atoms with Crippen molar-refractivity contribution in [2.45, 2.75) is 20.8 Å². The van der Waals surface area contributed by atoms with Crippen LogP contribution in [0.5, 0.6) is 0 Å². The Kier molecular flexibility index (Phi) is 5.14. The molecule has 2 N–H and O–H groups in total. The van der Waals surface area contributed by atoms with Gasteiger partial charge in [0.25, 0.3) is 5.91 Å². The second-order valence-corrected chi connectivity index (χ2v) is 6.96. The van der Waals surface area contributed by atoms with Gasteiger partial charge in [-0.1, -0.05) is 36.4 Å². The van der Waals surface area contributed by atoms with E-state index in [-0.39, 0.29) is 11.8 Å². The van der Waals surface area contributed by atoms with E-state index in [0.29, 0.717) is 21.9 Å². The molecular weight excluding hydrogens is 346 g/mol. The number of benzene rings is 2. The SMILES string of the molecule is CC(=O)Nc1ccc(C)c(NC(=O)c2sc(-c3ccccc3)nc2C)c1. The minimum absolute atomic E-state index is 0.156. The Morgan fingerprint density at radius 1 is 1.00 bits per heavy atom. The zero-order chi connectivity index (χ0) is 18.7. The molecule has 5 nitrogen and oxygen atoms in total. The van der Waals surface area contributed by atoms with Gasteiger partial charge in [-0.15, -0.1) is 11.3 Å². The second-order valence-electron chi connectivity index (χ2n) is 5.96. The maximum atomic E-state index is 12.7. The third-order valence-corrected chi connectivity index (χ3v) is 5.03. The molecule has 0 atom stereocenters. The van der Waals surface area contributed by atoms with Crippen LogP contribution in [0, 0.1) is 13.8 Å². The molecule has 1 heterocycles. The summed E-state index contributed by atoms with van der Waals surface area (Å²) in [7, 11) is 0. The number of anilines is 2. The highest BCUT2D eigenvalue weighted by atomic mass is 32.1. The normalized spacial score (nSPS) is 10.4. The van der Waals surface area contributed by atoms with E-state index in [9.17, 15) is 9.59 Å².